The number of nitrogens with two attached hydrogens (primary N) is 1. The summed E-state index contributed by atoms with van der Waals surface area (Å²) in [5, 5.41) is 26.9. The molecule has 16 heteroatoms. The number of nitrogens with zero attached hydrogens (tertiary/aromatic N) is 4. The fourth-order valence-electron chi connectivity index (χ4n) is 5.72. The molecule has 1 fully saturated rings. The van der Waals surface area contributed by atoms with Crippen molar-refractivity contribution < 1.29 is 42.8 Å². The molecule has 6 rings (SSSR count). The Hall–Kier alpha value is -4.63. The number of carbonyl (C=O) groups is 1. The fraction of sp³-hybridized carbons (Fsp3) is 0.353. The van der Waals surface area contributed by atoms with Crippen molar-refractivity contribution in [3.8, 4) is 11.6 Å². The van der Waals surface area contributed by atoms with E-state index >= 15 is 0 Å². The number of imidazole rings is 1. The number of aromatic nitrogens is 4. The van der Waals surface area contributed by atoms with Crippen LogP contribution in [0.25, 0.3) is 21.9 Å². The van der Waals surface area contributed by atoms with Gasteiger partial charge in [-0.2, -0.15) is 15.1 Å². The maximum Gasteiger partial charge on any atom is 0.459 e. The van der Waals surface area contributed by atoms with Crippen LogP contribution in [0.1, 0.15) is 45.6 Å². The summed E-state index contributed by atoms with van der Waals surface area (Å²) in [6.45, 7) is 6.12. The SMILES string of the molecule is CCOc1nc(N)nc2c1ncn2[C@H]1O[C@H](COP(=O)(N[C@@H](C)C(=O)OC(C)c2ccccc2)Oc2cccc3ccccc23)[C@@H](O)[C@@]1(C)O. The minimum Gasteiger partial charge on any atom is -0.476 e. The van der Waals surface area contributed by atoms with Crippen LogP contribution in [0.15, 0.2) is 79.1 Å². The topological polar surface area (TPSA) is 202 Å². The van der Waals surface area contributed by atoms with Crippen molar-refractivity contribution in [3.63, 3.8) is 0 Å². The van der Waals surface area contributed by atoms with E-state index < -0.39 is 56.5 Å². The van der Waals surface area contributed by atoms with Crippen molar-refractivity contribution in [1.29, 1.82) is 0 Å². The zero-order valence-corrected chi connectivity index (χ0v) is 28.8. The first-order valence-electron chi connectivity index (χ1n) is 16.0. The summed E-state index contributed by atoms with van der Waals surface area (Å²) in [5.74, 6) is -0.423. The molecule has 0 amide bonds. The Morgan fingerprint density at radius 3 is 2.58 bits per heavy atom. The van der Waals surface area contributed by atoms with Crippen molar-refractivity contribution >= 4 is 41.6 Å². The summed E-state index contributed by atoms with van der Waals surface area (Å²) in [6.07, 6.45) is -3.24. The molecule has 0 aliphatic carbocycles. The summed E-state index contributed by atoms with van der Waals surface area (Å²) < 4.78 is 45.1. The largest absolute Gasteiger partial charge is 0.476 e. The van der Waals surface area contributed by atoms with Crippen molar-refractivity contribution in [2.24, 2.45) is 0 Å². The fourth-order valence-corrected chi connectivity index (χ4v) is 7.24. The Balaban J connectivity index is 1.25. The smallest absolute Gasteiger partial charge is 0.459 e. The number of rotatable bonds is 13. The summed E-state index contributed by atoms with van der Waals surface area (Å²) in [5.41, 5.74) is 5.25. The standard InChI is InChI=1S/C34H39N6O9P/c1-5-45-30-27-29(37-33(35)38-30)40(19-36-27)32-34(4,43)28(41)26(48-32)18-46-50(44,49-25-17-11-15-23-14-9-10-16-24(23)25)39-20(2)31(42)47-21(3)22-12-7-6-8-13-22/h6-17,19-21,26,28,32,41,43H,5,18H2,1-4H3,(H,39,44)(H2,35,37,38)/t20-,21?,26+,28+,32-,34+,50?/m0/s1. The predicted molar refractivity (Wildman–Crippen MR) is 183 cm³/mol. The lowest BCUT2D eigenvalue weighted by Crippen LogP contribution is -2.44. The Labute approximate surface area is 287 Å². The van der Waals surface area contributed by atoms with Gasteiger partial charge in [0.2, 0.25) is 11.8 Å². The third kappa shape index (κ3) is 7.15. The molecule has 2 unspecified atom stereocenters. The lowest BCUT2D eigenvalue weighted by atomic mass is 9.96. The van der Waals surface area contributed by atoms with E-state index in [-0.39, 0.29) is 28.7 Å². The van der Waals surface area contributed by atoms with E-state index in [1.54, 1.807) is 38.1 Å². The zero-order valence-electron chi connectivity index (χ0n) is 27.9. The van der Waals surface area contributed by atoms with Crippen LogP contribution in [0.3, 0.4) is 0 Å². The Bertz CT molecular complexity index is 2020. The van der Waals surface area contributed by atoms with Gasteiger partial charge in [-0.3, -0.25) is 13.9 Å². The highest BCUT2D eigenvalue weighted by Gasteiger charge is 2.54. The molecule has 0 radical (unpaired) electrons. The molecule has 0 spiro atoms. The van der Waals surface area contributed by atoms with Gasteiger partial charge in [-0.1, -0.05) is 66.7 Å². The number of hydrogen-bond acceptors (Lipinski definition) is 13. The van der Waals surface area contributed by atoms with Gasteiger partial charge in [0.05, 0.1) is 19.5 Å². The van der Waals surface area contributed by atoms with E-state index in [1.807, 2.05) is 48.5 Å². The van der Waals surface area contributed by atoms with Gasteiger partial charge in [0.1, 0.15) is 35.7 Å². The molecule has 7 atom stereocenters. The average molecular weight is 707 g/mol. The van der Waals surface area contributed by atoms with Gasteiger partial charge in [0.15, 0.2) is 17.4 Å². The van der Waals surface area contributed by atoms with Crippen molar-refractivity contribution in [2.75, 3.05) is 18.9 Å². The van der Waals surface area contributed by atoms with Crippen molar-refractivity contribution in [3.05, 3.63) is 84.7 Å². The Morgan fingerprint density at radius 1 is 1.10 bits per heavy atom. The van der Waals surface area contributed by atoms with Crippen LogP contribution >= 0.6 is 7.75 Å². The van der Waals surface area contributed by atoms with E-state index in [0.29, 0.717) is 12.0 Å². The molecule has 1 aliphatic heterocycles. The monoisotopic (exact) mass is 706 g/mol. The number of carbonyl (C=O) groups excluding carboxylic acids is 1. The highest BCUT2D eigenvalue weighted by molar-refractivity contribution is 7.52. The van der Waals surface area contributed by atoms with E-state index in [4.69, 9.17) is 29.0 Å². The number of anilines is 1. The second-order valence-corrected chi connectivity index (χ2v) is 13.7. The third-order valence-electron chi connectivity index (χ3n) is 8.34. The van der Waals surface area contributed by atoms with E-state index in [1.165, 1.54) is 24.7 Å². The Morgan fingerprint density at radius 2 is 1.82 bits per heavy atom. The summed E-state index contributed by atoms with van der Waals surface area (Å²) >= 11 is 0. The number of nitrogens with one attached hydrogen (secondary N) is 1. The van der Waals surface area contributed by atoms with Crippen LogP contribution in [0, 0.1) is 0 Å². The Kier molecular flexibility index (Phi) is 10.1. The molecule has 3 heterocycles. The number of esters is 1. The summed E-state index contributed by atoms with van der Waals surface area (Å²) in [7, 11) is -4.43. The van der Waals surface area contributed by atoms with Gasteiger partial charge in [-0.25, -0.2) is 9.55 Å². The first-order valence-corrected chi connectivity index (χ1v) is 17.6. The lowest BCUT2D eigenvalue weighted by Gasteiger charge is -2.27. The number of benzene rings is 3. The predicted octanol–water partition coefficient (Wildman–Crippen LogP) is 4.46. The number of nitrogen functional groups attached to an aromatic ring is 1. The minimum atomic E-state index is -4.43. The normalized spacial score (nSPS) is 23.0. The molecular formula is C34H39N6O9P. The van der Waals surface area contributed by atoms with Crippen LogP contribution in [0.2, 0.25) is 0 Å². The van der Waals surface area contributed by atoms with Crippen molar-refractivity contribution in [2.45, 2.75) is 63.9 Å². The van der Waals surface area contributed by atoms with Crippen molar-refractivity contribution in [1.82, 2.24) is 24.6 Å². The van der Waals surface area contributed by atoms with Crippen LogP contribution < -0.4 is 20.1 Å². The second kappa shape index (κ2) is 14.3. The molecule has 1 saturated heterocycles. The molecule has 5 N–H and O–H groups in total. The highest BCUT2D eigenvalue weighted by atomic mass is 31.2. The van der Waals surface area contributed by atoms with Gasteiger partial charge in [-0.15, -0.1) is 0 Å². The van der Waals surface area contributed by atoms with Gasteiger partial charge in [-0.05, 0) is 44.7 Å². The molecule has 50 heavy (non-hydrogen) atoms. The minimum absolute atomic E-state index is 0.0934. The molecule has 15 nitrogen and oxygen atoms in total. The number of aliphatic hydroxyl groups is 2. The first kappa shape index (κ1) is 35.2. The summed E-state index contributed by atoms with van der Waals surface area (Å²) in [6, 6.07) is 20.6. The van der Waals surface area contributed by atoms with Crippen LogP contribution in [0.5, 0.6) is 11.6 Å². The van der Waals surface area contributed by atoms with E-state index in [2.05, 4.69) is 20.0 Å². The molecule has 1 aliphatic rings. The van der Waals surface area contributed by atoms with Gasteiger partial charge in [0.25, 0.3) is 0 Å². The highest BCUT2D eigenvalue weighted by Crippen LogP contribution is 2.48. The molecule has 3 aromatic carbocycles. The molecule has 0 saturated carbocycles. The quantitative estimate of drug-likeness (QED) is 0.0987. The van der Waals surface area contributed by atoms with Gasteiger partial charge in [0, 0.05) is 5.39 Å². The molecule has 2 aromatic heterocycles. The van der Waals surface area contributed by atoms with E-state index in [9.17, 15) is 19.6 Å². The third-order valence-corrected chi connectivity index (χ3v) is 9.97. The molecule has 0 bridgehead atoms. The average Bonchev–Trinajstić information content (AvgIpc) is 3.61. The molecule has 264 valence electrons. The number of hydrogen-bond donors (Lipinski definition) is 4. The second-order valence-electron chi connectivity index (χ2n) is 12.0. The number of ether oxygens (including phenoxy) is 3. The zero-order chi connectivity index (χ0) is 35.6. The molecule has 5 aromatic rings. The maximum atomic E-state index is 14.5. The lowest BCUT2D eigenvalue weighted by molar-refractivity contribution is -0.150. The molecular weight excluding hydrogens is 667 g/mol. The number of fused-ring (bicyclic) bond motifs is 2. The van der Waals surface area contributed by atoms with Crippen LogP contribution in [0.4, 0.5) is 5.95 Å². The number of aliphatic hydroxyl groups excluding tert-OH is 1. The summed E-state index contributed by atoms with van der Waals surface area (Å²) in [4.78, 5) is 25.8. The van der Waals surface area contributed by atoms with Crippen LogP contribution in [-0.2, 0) is 23.4 Å². The van der Waals surface area contributed by atoms with Crippen LogP contribution in [-0.4, -0.2) is 72.8 Å². The van der Waals surface area contributed by atoms with Gasteiger partial charge >= 0.3 is 13.7 Å². The first-order chi connectivity index (χ1) is 23.9. The maximum absolute atomic E-state index is 14.5. The van der Waals surface area contributed by atoms with E-state index in [0.717, 1.165) is 10.9 Å². The van der Waals surface area contributed by atoms with Gasteiger partial charge < -0.3 is 34.7 Å².